The quantitative estimate of drug-likeness (QED) is 0.464. The molecule has 9 nitrogen and oxygen atoms in total. The van der Waals surface area contributed by atoms with Crippen molar-refractivity contribution < 1.29 is 32.2 Å². The Labute approximate surface area is 192 Å². The smallest absolute Gasteiger partial charge is 0.262 e. The Balaban J connectivity index is 1.61. The Morgan fingerprint density at radius 1 is 0.818 bits per heavy atom. The van der Waals surface area contributed by atoms with Gasteiger partial charge in [-0.15, -0.1) is 0 Å². The van der Waals surface area contributed by atoms with Crippen LogP contribution in [-0.4, -0.2) is 42.3 Å². The van der Waals surface area contributed by atoms with E-state index in [9.17, 15) is 13.2 Å². The van der Waals surface area contributed by atoms with Gasteiger partial charge in [-0.25, -0.2) is 8.42 Å². The van der Waals surface area contributed by atoms with Gasteiger partial charge in [0, 0.05) is 12.1 Å². The highest BCUT2D eigenvalue weighted by atomic mass is 32.2. The minimum atomic E-state index is -3.81. The Hall–Kier alpha value is -3.92. The Morgan fingerprint density at radius 2 is 1.48 bits per heavy atom. The van der Waals surface area contributed by atoms with E-state index >= 15 is 0 Å². The van der Waals surface area contributed by atoms with Crippen molar-refractivity contribution in [2.45, 2.75) is 4.90 Å². The maximum absolute atomic E-state index is 12.6. The van der Waals surface area contributed by atoms with E-state index in [0.717, 1.165) is 0 Å². The first-order valence-corrected chi connectivity index (χ1v) is 11.2. The monoisotopic (exact) mass is 472 g/mol. The normalized spacial score (nSPS) is 10.8. The zero-order chi connectivity index (χ0) is 23.8. The lowest BCUT2D eigenvalue weighted by molar-refractivity contribution is -0.118. The van der Waals surface area contributed by atoms with Crippen LogP contribution in [0, 0.1) is 0 Å². The van der Waals surface area contributed by atoms with Crippen molar-refractivity contribution >= 4 is 27.3 Å². The van der Waals surface area contributed by atoms with Gasteiger partial charge < -0.3 is 24.3 Å². The van der Waals surface area contributed by atoms with E-state index < -0.39 is 15.9 Å². The predicted molar refractivity (Wildman–Crippen MR) is 124 cm³/mol. The van der Waals surface area contributed by atoms with Gasteiger partial charge in [0.05, 0.1) is 37.6 Å². The summed E-state index contributed by atoms with van der Waals surface area (Å²) in [7, 11) is 0.705. The molecule has 0 bridgehead atoms. The summed E-state index contributed by atoms with van der Waals surface area (Å²) in [6, 6.07) is 17.3. The lowest BCUT2D eigenvalue weighted by Gasteiger charge is -2.13. The van der Waals surface area contributed by atoms with Gasteiger partial charge in [0.25, 0.3) is 15.9 Å². The van der Waals surface area contributed by atoms with Crippen LogP contribution in [0.4, 0.5) is 11.4 Å². The van der Waals surface area contributed by atoms with Crippen molar-refractivity contribution in [3.05, 3.63) is 66.7 Å². The number of benzene rings is 3. The van der Waals surface area contributed by atoms with Crippen molar-refractivity contribution in [1.82, 2.24) is 0 Å². The van der Waals surface area contributed by atoms with Crippen LogP contribution in [-0.2, 0) is 14.8 Å². The molecule has 0 atom stereocenters. The summed E-state index contributed by atoms with van der Waals surface area (Å²) in [6.07, 6.45) is 0. The van der Waals surface area contributed by atoms with E-state index in [0.29, 0.717) is 34.4 Å². The number of carbonyl (C=O) groups is 1. The van der Waals surface area contributed by atoms with Gasteiger partial charge in [0.2, 0.25) is 0 Å². The molecule has 0 aliphatic carbocycles. The van der Waals surface area contributed by atoms with Crippen molar-refractivity contribution in [1.29, 1.82) is 0 Å². The molecule has 0 aromatic heterocycles. The number of amides is 1. The van der Waals surface area contributed by atoms with Crippen LogP contribution in [0.2, 0.25) is 0 Å². The fourth-order valence-electron chi connectivity index (χ4n) is 2.86. The second-order valence-electron chi connectivity index (χ2n) is 6.71. The molecule has 174 valence electrons. The maximum Gasteiger partial charge on any atom is 0.262 e. The molecule has 3 aromatic rings. The van der Waals surface area contributed by atoms with Gasteiger partial charge in [0.15, 0.2) is 6.61 Å². The fraction of sp³-hybridized carbons (Fsp3) is 0.174. The highest BCUT2D eigenvalue weighted by molar-refractivity contribution is 7.92. The van der Waals surface area contributed by atoms with Gasteiger partial charge in [-0.05, 0) is 48.5 Å². The highest BCUT2D eigenvalue weighted by Gasteiger charge is 2.15. The minimum absolute atomic E-state index is 0.0447. The first-order chi connectivity index (χ1) is 15.8. The Kier molecular flexibility index (Phi) is 7.62. The lowest BCUT2D eigenvalue weighted by Crippen LogP contribution is -2.20. The van der Waals surface area contributed by atoms with Crippen LogP contribution < -0.4 is 29.0 Å². The topological polar surface area (TPSA) is 112 Å². The molecule has 0 aliphatic rings. The number of carbonyl (C=O) groups excluding carboxylic acids is 1. The highest BCUT2D eigenvalue weighted by Crippen LogP contribution is 2.29. The molecule has 33 heavy (non-hydrogen) atoms. The van der Waals surface area contributed by atoms with E-state index in [-0.39, 0.29) is 11.5 Å². The first kappa shape index (κ1) is 23.7. The van der Waals surface area contributed by atoms with Gasteiger partial charge in [-0.1, -0.05) is 6.07 Å². The third kappa shape index (κ3) is 6.30. The molecule has 0 heterocycles. The number of anilines is 2. The van der Waals surface area contributed by atoms with Crippen LogP contribution in [0.15, 0.2) is 71.6 Å². The molecule has 0 spiro atoms. The molecule has 0 fully saturated rings. The van der Waals surface area contributed by atoms with E-state index in [1.165, 1.54) is 45.6 Å². The van der Waals surface area contributed by atoms with Crippen molar-refractivity contribution in [2.75, 3.05) is 38.0 Å². The molecule has 0 saturated heterocycles. The second-order valence-corrected chi connectivity index (χ2v) is 8.39. The summed E-state index contributed by atoms with van der Waals surface area (Å²) in [6.45, 7) is -0.283. The Bertz CT molecular complexity index is 1210. The van der Waals surface area contributed by atoms with Crippen molar-refractivity contribution in [2.24, 2.45) is 0 Å². The number of nitrogens with one attached hydrogen (secondary N) is 2. The molecule has 2 N–H and O–H groups in total. The summed E-state index contributed by atoms with van der Waals surface area (Å²) in [5.74, 6) is 1.48. The molecule has 3 aromatic carbocycles. The van der Waals surface area contributed by atoms with Crippen LogP contribution in [0.3, 0.4) is 0 Å². The zero-order valence-corrected chi connectivity index (χ0v) is 19.1. The Morgan fingerprint density at radius 3 is 2.15 bits per heavy atom. The summed E-state index contributed by atoms with van der Waals surface area (Å²) < 4.78 is 48.7. The fourth-order valence-corrected chi connectivity index (χ4v) is 3.91. The molecule has 0 unspecified atom stereocenters. The van der Waals surface area contributed by atoms with Gasteiger partial charge in [-0.3, -0.25) is 9.52 Å². The first-order valence-electron chi connectivity index (χ1n) is 9.76. The van der Waals surface area contributed by atoms with Crippen LogP contribution in [0.5, 0.6) is 23.0 Å². The largest absolute Gasteiger partial charge is 0.497 e. The second kappa shape index (κ2) is 10.6. The molecular weight excluding hydrogens is 448 g/mol. The number of sulfonamides is 1. The standard InChI is InChI=1S/C23H24N2O7S/c1-29-18-6-4-5-16(13-18)25-33(27,28)20-10-7-17(8-11-20)32-15-23(26)24-21-14-19(30-2)9-12-22(21)31-3/h4-14,25H,15H2,1-3H3,(H,24,26). The van der Waals surface area contributed by atoms with E-state index in [2.05, 4.69) is 10.0 Å². The molecule has 10 heteroatoms. The molecule has 0 aliphatic heterocycles. The summed E-state index contributed by atoms with van der Waals surface area (Å²) >= 11 is 0. The van der Waals surface area contributed by atoms with Gasteiger partial charge in [0.1, 0.15) is 23.0 Å². The molecule has 0 radical (unpaired) electrons. The van der Waals surface area contributed by atoms with E-state index in [4.69, 9.17) is 18.9 Å². The predicted octanol–water partition coefficient (Wildman–Crippen LogP) is 3.53. The van der Waals surface area contributed by atoms with Crippen molar-refractivity contribution in [3.63, 3.8) is 0 Å². The summed E-state index contributed by atoms with van der Waals surface area (Å²) in [5, 5.41) is 2.69. The molecule has 0 saturated carbocycles. The third-order valence-corrected chi connectivity index (χ3v) is 5.90. The summed E-state index contributed by atoms with van der Waals surface area (Å²) in [5.41, 5.74) is 0.815. The molecule has 3 rings (SSSR count). The van der Waals surface area contributed by atoms with Crippen LogP contribution >= 0.6 is 0 Å². The average Bonchev–Trinajstić information content (AvgIpc) is 2.82. The SMILES string of the molecule is COc1cccc(NS(=O)(=O)c2ccc(OCC(=O)Nc3cc(OC)ccc3OC)cc2)c1. The van der Waals surface area contributed by atoms with Crippen LogP contribution in [0.25, 0.3) is 0 Å². The lowest BCUT2D eigenvalue weighted by atomic mass is 10.2. The number of rotatable bonds is 10. The van der Waals surface area contributed by atoms with E-state index in [1.807, 2.05) is 0 Å². The molecule has 1 amide bonds. The zero-order valence-electron chi connectivity index (χ0n) is 18.3. The minimum Gasteiger partial charge on any atom is -0.497 e. The number of methoxy groups -OCH3 is 3. The van der Waals surface area contributed by atoms with Crippen molar-refractivity contribution in [3.8, 4) is 23.0 Å². The summed E-state index contributed by atoms with van der Waals surface area (Å²) in [4.78, 5) is 12.3. The van der Waals surface area contributed by atoms with Gasteiger partial charge >= 0.3 is 0 Å². The molecular formula is C23H24N2O7S. The third-order valence-electron chi connectivity index (χ3n) is 4.51. The van der Waals surface area contributed by atoms with Crippen LogP contribution in [0.1, 0.15) is 0 Å². The number of hydrogen-bond donors (Lipinski definition) is 2. The number of ether oxygens (including phenoxy) is 4. The van der Waals surface area contributed by atoms with Gasteiger partial charge in [-0.2, -0.15) is 0 Å². The number of hydrogen-bond acceptors (Lipinski definition) is 7. The van der Waals surface area contributed by atoms with E-state index in [1.54, 1.807) is 42.5 Å². The maximum atomic E-state index is 12.6. The average molecular weight is 473 g/mol.